The molecule has 1 aromatic heterocycles. The molecule has 1 unspecified atom stereocenters. The molecule has 0 aromatic carbocycles. The van der Waals surface area contributed by atoms with Crippen LogP contribution in [0, 0.1) is 0 Å². The average Bonchev–Trinajstić information content (AvgIpc) is 2.85. The van der Waals surface area contributed by atoms with Crippen LogP contribution in [0.15, 0.2) is 12.1 Å². The zero-order valence-corrected chi connectivity index (χ0v) is 10.8. The zero-order valence-electron chi connectivity index (χ0n) is 10.8. The second kappa shape index (κ2) is 5.91. The van der Waals surface area contributed by atoms with Crippen LogP contribution in [-0.4, -0.2) is 36.4 Å². The van der Waals surface area contributed by atoms with E-state index in [9.17, 15) is 0 Å². The Balaban J connectivity index is 2.18. The van der Waals surface area contributed by atoms with Crippen LogP contribution in [0.5, 0.6) is 5.88 Å². The van der Waals surface area contributed by atoms with E-state index in [-0.39, 0.29) is 6.61 Å². The largest absolute Gasteiger partial charge is 0.481 e. The predicted octanol–water partition coefficient (Wildman–Crippen LogP) is 1.41. The van der Waals surface area contributed by atoms with Crippen LogP contribution in [0.25, 0.3) is 0 Å². The molecule has 100 valence electrons. The highest BCUT2D eigenvalue weighted by molar-refractivity contribution is 5.64. The van der Waals surface area contributed by atoms with Crippen molar-refractivity contribution < 1.29 is 9.84 Å². The lowest BCUT2D eigenvalue weighted by molar-refractivity contribution is 0.279. The van der Waals surface area contributed by atoms with Gasteiger partial charge < -0.3 is 20.5 Å². The number of aliphatic hydroxyl groups is 1. The van der Waals surface area contributed by atoms with Crippen molar-refractivity contribution >= 4 is 11.5 Å². The first-order valence-corrected chi connectivity index (χ1v) is 6.44. The fourth-order valence-corrected chi connectivity index (χ4v) is 2.53. The van der Waals surface area contributed by atoms with Gasteiger partial charge in [0.15, 0.2) is 5.82 Å². The Hall–Kier alpha value is -1.49. The molecule has 0 amide bonds. The fourth-order valence-electron chi connectivity index (χ4n) is 2.53. The van der Waals surface area contributed by atoms with Crippen LogP contribution in [0.1, 0.15) is 25.7 Å². The summed E-state index contributed by atoms with van der Waals surface area (Å²) in [5, 5.41) is 8.94. The van der Waals surface area contributed by atoms with Crippen LogP contribution in [0.3, 0.4) is 0 Å². The summed E-state index contributed by atoms with van der Waals surface area (Å²) in [4.78, 5) is 6.69. The van der Waals surface area contributed by atoms with Gasteiger partial charge in [0.05, 0.1) is 12.8 Å². The molecule has 1 saturated heterocycles. The molecule has 5 nitrogen and oxygen atoms in total. The van der Waals surface area contributed by atoms with Crippen LogP contribution >= 0.6 is 0 Å². The Morgan fingerprint density at radius 2 is 2.39 bits per heavy atom. The van der Waals surface area contributed by atoms with Gasteiger partial charge in [-0.1, -0.05) is 0 Å². The first kappa shape index (κ1) is 13.0. The number of nitrogen functional groups attached to an aromatic ring is 1. The Morgan fingerprint density at radius 1 is 1.56 bits per heavy atom. The molecule has 0 bridgehead atoms. The van der Waals surface area contributed by atoms with Crippen LogP contribution < -0.4 is 15.4 Å². The Labute approximate surface area is 108 Å². The molecule has 3 N–H and O–H groups in total. The van der Waals surface area contributed by atoms with Crippen LogP contribution in [0.2, 0.25) is 0 Å². The molecule has 18 heavy (non-hydrogen) atoms. The second-order valence-corrected chi connectivity index (χ2v) is 4.62. The van der Waals surface area contributed by atoms with Gasteiger partial charge in [0.25, 0.3) is 0 Å². The minimum absolute atomic E-state index is 0.241. The molecule has 1 fully saturated rings. The number of pyridine rings is 1. The zero-order chi connectivity index (χ0) is 13.0. The summed E-state index contributed by atoms with van der Waals surface area (Å²) in [6, 6.07) is 4.04. The molecule has 1 aliphatic rings. The van der Waals surface area contributed by atoms with E-state index in [1.165, 1.54) is 0 Å². The Bertz CT molecular complexity index is 398. The molecule has 1 atom stereocenters. The van der Waals surface area contributed by atoms with Crippen molar-refractivity contribution in [1.82, 2.24) is 4.98 Å². The topological polar surface area (TPSA) is 71.6 Å². The van der Waals surface area contributed by atoms with Gasteiger partial charge in [-0.2, -0.15) is 4.98 Å². The molecular formula is C13H21N3O2. The maximum atomic E-state index is 8.94. The normalized spacial score (nSPS) is 19.2. The van der Waals surface area contributed by atoms with Crippen molar-refractivity contribution in [2.45, 2.75) is 31.7 Å². The quantitative estimate of drug-likeness (QED) is 0.828. The predicted molar refractivity (Wildman–Crippen MR) is 71.9 cm³/mol. The molecule has 0 aliphatic carbocycles. The highest BCUT2D eigenvalue weighted by atomic mass is 16.5. The Kier molecular flexibility index (Phi) is 4.25. The fraction of sp³-hybridized carbons (Fsp3) is 0.615. The summed E-state index contributed by atoms with van der Waals surface area (Å²) in [6.07, 6.45) is 4.09. The van der Waals surface area contributed by atoms with E-state index in [0.717, 1.165) is 38.0 Å². The molecule has 2 rings (SSSR count). The summed E-state index contributed by atoms with van der Waals surface area (Å²) >= 11 is 0. The van der Waals surface area contributed by atoms with E-state index in [0.29, 0.717) is 17.6 Å². The molecule has 0 radical (unpaired) electrons. The van der Waals surface area contributed by atoms with Gasteiger partial charge >= 0.3 is 0 Å². The van der Waals surface area contributed by atoms with Crippen molar-refractivity contribution in [1.29, 1.82) is 0 Å². The van der Waals surface area contributed by atoms with E-state index in [1.54, 1.807) is 13.2 Å². The van der Waals surface area contributed by atoms with Gasteiger partial charge in [-0.3, -0.25) is 0 Å². The number of nitrogens with two attached hydrogens (primary N) is 1. The van der Waals surface area contributed by atoms with E-state index in [1.807, 2.05) is 6.07 Å². The standard InChI is InChI=1S/C13H21N3O2/c1-18-12-7-6-11(14)13(15-12)16-8-2-4-10(16)5-3-9-17/h6-7,10,17H,2-5,8-9,14H2,1H3. The van der Waals surface area contributed by atoms with E-state index >= 15 is 0 Å². The van der Waals surface area contributed by atoms with Crippen LogP contribution in [0.4, 0.5) is 11.5 Å². The number of hydrogen-bond donors (Lipinski definition) is 2. The van der Waals surface area contributed by atoms with E-state index in [2.05, 4.69) is 9.88 Å². The summed E-state index contributed by atoms with van der Waals surface area (Å²) in [6.45, 7) is 1.21. The number of hydrogen-bond acceptors (Lipinski definition) is 5. The van der Waals surface area contributed by atoms with Gasteiger partial charge in [0.2, 0.25) is 5.88 Å². The summed E-state index contributed by atoms with van der Waals surface area (Å²) in [5.41, 5.74) is 6.69. The minimum Gasteiger partial charge on any atom is -0.481 e. The van der Waals surface area contributed by atoms with Gasteiger partial charge in [-0.25, -0.2) is 0 Å². The third kappa shape index (κ3) is 2.67. The maximum absolute atomic E-state index is 8.94. The molecule has 5 heteroatoms. The molecule has 0 spiro atoms. The number of nitrogens with zero attached hydrogens (tertiary/aromatic N) is 2. The first-order chi connectivity index (χ1) is 8.76. The lowest BCUT2D eigenvalue weighted by Gasteiger charge is -2.27. The lowest BCUT2D eigenvalue weighted by atomic mass is 10.1. The summed E-state index contributed by atoms with van der Waals surface area (Å²) < 4.78 is 5.15. The number of aliphatic hydroxyl groups excluding tert-OH is 1. The number of methoxy groups -OCH3 is 1. The monoisotopic (exact) mass is 251 g/mol. The highest BCUT2D eigenvalue weighted by Gasteiger charge is 2.26. The number of aromatic nitrogens is 1. The van der Waals surface area contributed by atoms with Crippen molar-refractivity contribution in [3.8, 4) is 5.88 Å². The molecule has 0 saturated carbocycles. The SMILES string of the molecule is COc1ccc(N)c(N2CCCC2CCCO)n1. The second-order valence-electron chi connectivity index (χ2n) is 4.62. The summed E-state index contributed by atoms with van der Waals surface area (Å²) in [7, 11) is 1.61. The third-order valence-electron chi connectivity index (χ3n) is 3.43. The molecule has 2 heterocycles. The lowest BCUT2D eigenvalue weighted by Crippen LogP contribution is -2.30. The molecular weight excluding hydrogens is 230 g/mol. The van der Waals surface area contributed by atoms with Gasteiger partial charge in [-0.15, -0.1) is 0 Å². The molecule has 1 aliphatic heterocycles. The number of ether oxygens (including phenoxy) is 1. The van der Waals surface area contributed by atoms with Crippen molar-refractivity contribution in [2.24, 2.45) is 0 Å². The van der Waals surface area contributed by atoms with Gasteiger partial charge in [0, 0.05) is 25.3 Å². The molecule has 1 aromatic rings. The Morgan fingerprint density at radius 3 is 3.11 bits per heavy atom. The average molecular weight is 251 g/mol. The van der Waals surface area contributed by atoms with Gasteiger partial charge in [0.1, 0.15) is 0 Å². The van der Waals surface area contributed by atoms with Crippen LogP contribution in [-0.2, 0) is 0 Å². The van der Waals surface area contributed by atoms with Crippen molar-refractivity contribution in [3.05, 3.63) is 12.1 Å². The third-order valence-corrected chi connectivity index (χ3v) is 3.43. The summed E-state index contributed by atoms with van der Waals surface area (Å²) in [5.74, 6) is 1.40. The van der Waals surface area contributed by atoms with E-state index < -0.39 is 0 Å². The number of rotatable bonds is 5. The van der Waals surface area contributed by atoms with Crippen molar-refractivity contribution in [2.75, 3.05) is 30.9 Å². The maximum Gasteiger partial charge on any atom is 0.215 e. The van der Waals surface area contributed by atoms with E-state index in [4.69, 9.17) is 15.6 Å². The highest BCUT2D eigenvalue weighted by Crippen LogP contribution is 2.31. The van der Waals surface area contributed by atoms with Gasteiger partial charge in [-0.05, 0) is 31.7 Å². The van der Waals surface area contributed by atoms with Crippen molar-refractivity contribution in [3.63, 3.8) is 0 Å². The first-order valence-electron chi connectivity index (χ1n) is 6.44. The smallest absolute Gasteiger partial charge is 0.215 e. The minimum atomic E-state index is 0.241. The number of anilines is 2.